The zero-order chi connectivity index (χ0) is 26.0. The van der Waals surface area contributed by atoms with Gasteiger partial charge in [-0.2, -0.15) is 0 Å². The highest BCUT2D eigenvalue weighted by Gasteiger charge is 2.31. The number of halogens is 1. The predicted octanol–water partition coefficient (Wildman–Crippen LogP) is 3.77. The molecule has 4 aromatic rings. The van der Waals surface area contributed by atoms with Crippen LogP contribution >= 0.6 is 11.6 Å². The summed E-state index contributed by atoms with van der Waals surface area (Å²) in [5.41, 5.74) is -0.0852. The van der Waals surface area contributed by atoms with Gasteiger partial charge in [0.1, 0.15) is 16.3 Å². The second-order valence-electron chi connectivity index (χ2n) is 7.80. The minimum atomic E-state index is -4.32. The molecule has 0 atom stereocenters. The van der Waals surface area contributed by atoms with E-state index in [1.54, 1.807) is 0 Å². The molecule has 186 valence electrons. The third kappa shape index (κ3) is 4.59. The maximum Gasteiger partial charge on any atom is 0.269 e. The maximum atomic E-state index is 12.7. The normalized spacial score (nSPS) is 11.8. The maximum absolute atomic E-state index is 12.7. The lowest BCUT2D eigenvalue weighted by molar-refractivity contribution is -0.0259. The Bertz CT molecular complexity index is 1530. The van der Waals surface area contributed by atoms with Crippen molar-refractivity contribution in [1.82, 2.24) is 4.47 Å². The number of phenols is 1. The summed E-state index contributed by atoms with van der Waals surface area (Å²) in [5.74, 6) is -0.729. The average Bonchev–Trinajstić information content (AvgIpc) is 2.89. The third-order valence-corrected chi connectivity index (χ3v) is 7.84. The molecule has 0 saturated carbocycles. The van der Waals surface area contributed by atoms with Crippen LogP contribution in [0.5, 0.6) is 5.75 Å². The molecule has 0 saturated heterocycles. The monoisotopic (exact) mass is 527 g/mol. The molecule has 3 N–H and O–H groups in total. The predicted molar refractivity (Wildman–Crippen MR) is 138 cm³/mol. The van der Waals surface area contributed by atoms with Gasteiger partial charge in [0, 0.05) is 7.05 Å². The molecular weight excluding hydrogens is 506 g/mol. The van der Waals surface area contributed by atoms with E-state index in [1.165, 1.54) is 12.1 Å². The quantitative estimate of drug-likeness (QED) is 0.171. The van der Waals surface area contributed by atoms with Crippen LogP contribution in [0.15, 0.2) is 87.3 Å². The summed E-state index contributed by atoms with van der Waals surface area (Å²) >= 11 is 6.06. The SMILES string of the molecule is CON(C)S(=O)(=O)c1c(Cl)ccc(Nc2c(NC(c3ccccc3)c3ccccc3)c(=O)c2=O)c1O. The van der Waals surface area contributed by atoms with Gasteiger partial charge in [-0.1, -0.05) is 76.7 Å². The van der Waals surface area contributed by atoms with Gasteiger partial charge in [-0.05, 0) is 23.3 Å². The van der Waals surface area contributed by atoms with Crippen LogP contribution in [-0.4, -0.2) is 32.2 Å². The standard InChI is InChI=1S/C25H22ClN3O6S/c1-29(35-2)36(33,34)25-17(26)13-14-18(22(25)30)27-20-21(24(32)23(20)31)28-19(15-9-5-3-6-10-15)16-11-7-4-8-12-16/h3-14,19,27-28,30H,1-2H3. The van der Waals surface area contributed by atoms with Crippen molar-refractivity contribution in [2.24, 2.45) is 0 Å². The Morgan fingerprint density at radius 1 is 0.889 bits per heavy atom. The zero-order valence-electron chi connectivity index (χ0n) is 19.2. The molecule has 0 aliphatic rings. The van der Waals surface area contributed by atoms with Crippen LogP contribution in [0.25, 0.3) is 0 Å². The molecular formula is C25H22ClN3O6S. The molecule has 0 unspecified atom stereocenters. The smallest absolute Gasteiger partial charge is 0.269 e. The van der Waals surface area contributed by atoms with Crippen LogP contribution in [-0.2, 0) is 14.9 Å². The van der Waals surface area contributed by atoms with Crippen molar-refractivity contribution in [3.8, 4) is 5.75 Å². The van der Waals surface area contributed by atoms with Crippen molar-refractivity contribution in [1.29, 1.82) is 0 Å². The van der Waals surface area contributed by atoms with Gasteiger partial charge < -0.3 is 15.7 Å². The molecule has 0 radical (unpaired) electrons. The summed E-state index contributed by atoms with van der Waals surface area (Å²) in [5, 5.41) is 16.3. The zero-order valence-corrected chi connectivity index (χ0v) is 20.8. The Kier molecular flexibility index (Phi) is 7.14. The molecule has 4 aromatic carbocycles. The number of nitrogens with one attached hydrogen (secondary N) is 2. The van der Waals surface area contributed by atoms with Gasteiger partial charge >= 0.3 is 0 Å². The average molecular weight is 528 g/mol. The van der Waals surface area contributed by atoms with Gasteiger partial charge in [0.15, 0.2) is 5.75 Å². The number of hydroxylamine groups is 1. The minimum absolute atomic E-state index is 0.00507. The highest BCUT2D eigenvalue weighted by molar-refractivity contribution is 7.89. The van der Waals surface area contributed by atoms with E-state index in [4.69, 9.17) is 16.4 Å². The van der Waals surface area contributed by atoms with Gasteiger partial charge in [0.2, 0.25) is 0 Å². The number of sulfonamides is 1. The summed E-state index contributed by atoms with van der Waals surface area (Å²) < 4.78 is 26.0. The van der Waals surface area contributed by atoms with Crippen LogP contribution in [0.1, 0.15) is 17.2 Å². The van der Waals surface area contributed by atoms with Crippen molar-refractivity contribution >= 4 is 38.7 Å². The number of nitrogens with zero attached hydrogens (tertiary/aromatic N) is 1. The molecule has 11 heteroatoms. The van der Waals surface area contributed by atoms with E-state index in [1.807, 2.05) is 60.7 Å². The second-order valence-corrected chi connectivity index (χ2v) is 10.1. The van der Waals surface area contributed by atoms with Crippen LogP contribution in [0.4, 0.5) is 17.1 Å². The topological polar surface area (TPSA) is 125 Å². The number of phenolic OH excluding ortho intramolecular Hbond substituents is 1. The van der Waals surface area contributed by atoms with Crippen LogP contribution in [0.2, 0.25) is 5.02 Å². The lowest BCUT2D eigenvalue weighted by atomic mass is 9.97. The molecule has 0 heterocycles. The fourth-order valence-electron chi connectivity index (χ4n) is 3.70. The molecule has 0 fully saturated rings. The minimum Gasteiger partial charge on any atom is -0.504 e. The molecule has 0 amide bonds. The van der Waals surface area contributed by atoms with Crippen LogP contribution < -0.4 is 21.5 Å². The lowest BCUT2D eigenvalue weighted by Gasteiger charge is -2.24. The van der Waals surface area contributed by atoms with Crippen molar-refractivity contribution in [3.63, 3.8) is 0 Å². The highest BCUT2D eigenvalue weighted by atomic mass is 35.5. The number of benzene rings is 3. The van der Waals surface area contributed by atoms with E-state index in [-0.39, 0.29) is 22.1 Å². The van der Waals surface area contributed by atoms with E-state index in [9.17, 15) is 23.1 Å². The number of rotatable bonds is 9. The Morgan fingerprint density at radius 2 is 1.42 bits per heavy atom. The number of hydrogen-bond donors (Lipinski definition) is 3. The molecule has 36 heavy (non-hydrogen) atoms. The van der Waals surface area contributed by atoms with Crippen molar-refractivity contribution in [3.05, 3.63) is 109 Å². The lowest BCUT2D eigenvalue weighted by Crippen LogP contribution is -2.37. The van der Waals surface area contributed by atoms with Gasteiger partial charge in [0.25, 0.3) is 20.9 Å². The van der Waals surface area contributed by atoms with E-state index in [0.717, 1.165) is 25.3 Å². The van der Waals surface area contributed by atoms with Gasteiger partial charge in [-0.25, -0.2) is 8.42 Å². The summed E-state index contributed by atoms with van der Waals surface area (Å²) in [4.78, 5) is 29.2. The molecule has 0 aliphatic heterocycles. The van der Waals surface area contributed by atoms with Crippen molar-refractivity contribution < 1.29 is 18.4 Å². The Labute approximate surface area is 212 Å². The van der Waals surface area contributed by atoms with E-state index in [2.05, 4.69) is 10.6 Å². The van der Waals surface area contributed by atoms with Gasteiger partial charge in [0.05, 0.1) is 23.9 Å². The first kappa shape index (κ1) is 25.4. The summed E-state index contributed by atoms with van der Waals surface area (Å²) in [7, 11) is -2.04. The van der Waals surface area contributed by atoms with Crippen LogP contribution in [0, 0.1) is 0 Å². The molecule has 0 spiro atoms. The third-order valence-electron chi connectivity index (χ3n) is 5.66. The van der Waals surface area contributed by atoms with Crippen molar-refractivity contribution in [2.75, 3.05) is 24.8 Å². The summed E-state index contributed by atoms with van der Waals surface area (Å²) in [6.45, 7) is 0. The second kappa shape index (κ2) is 10.1. The largest absolute Gasteiger partial charge is 0.504 e. The molecule has 0 bridgehead atoms. The first-order valence-corrected chi connectivity index (χ1v) is 12.5. The van der Waals surface area contributed by atoms with Gasteiger partial charge in [-0.15, -0.1) is 0 Å². The Hall–Kier alpha value is -3.70. The number of aromatic hydroxyl groups is 1. The Balaban J connectivity index is 1.74. The number of anilines is 3. The van der Waals surface area contributed by atoms with E-state index in [0.29, 0.717) is 4.47 Å². The first-order chi connectivity index (χ1) is 17.2. The fraction of sp³-hybridized carbons (Fsp3) is 0.120. The van der Waals surface area contributed by atoms with Crippen LogP contribution in [0.3, 0.4) is 0 Å². The van der Waals surface area contributed by atoms with Crippen molar-refractivity contribution in [2.45, 2.75) is 10.9 Å². The highest BCUT2D eigenvalue weighted by Crippen LogP contribution is 2.40. The van der Waals surface area contributed by atoms with E-state index >= 15 is 0 Å². The van der Waals surface area contributed by atoms with Gasteiger partial charge in [-0.3, -0.25) is 14.4 Å². The summed E-state index contributed by atoms with van der Waals surface area (Å²) in [6.07, 6.45) is 0. The molecule has 4 rings (SSSR count). The molecule has 9 nitrogen and oxygen atoms in total. The Morgan fingerprint density at radius 3 is 1.94 bits per heavy atom. The van der Waals surface area contributed by atoms with E-state index < -0.39 is 37.6 Å². The first-order valence-electron chi connectivity index (χ1n) is 10.7. The summed E-state index contributed by atoms with van der Waals surface area (Å²) in [6, 6.07) is 20.8. The molecule has 0 aliphatic carbocycles. The fourth-order valence-corrected chi connectivity index (χ4v) is 5.26. The molecule has 0 aromatic heterocycles. The number of hydrogen-bond acceptors (Lipinski definition) is 8.